The van der Waals surface area contributed by atoms with E-state index in [1.54, 1.807) is 0 Å². The summed E-state index contributed by atoms with van der Waals surface area (Å²) < 4.78 is 25.6. The highest BCUT2D eigenvalue weighted by atomic mass is 19.3. The predicted molar refractivity (Wildman–Crippen MR) is 48.5 cm³/mol. The van der Waals surface area contributed by atoms with Gasteiger partial charge in [0.2, 0.25) is 5.92 Å². The van der Waals surface area contributed by atoms with Crippen molar-refractivity contribution in [1.29, 1.82) is 0 Å². The number of hydrogen-bond donors (Lipinski definition) is 0. The molecule has 0 aromatic heterocycles. The fraction of sp³-hybridized carbons (Fsp3) is 0.800. The molecule has 0 aliphatic rings. The van der Waals surface area contributed by atoms with Gasteiger partial charge < -0.3 is 0 Å². The first-order chi connectivity index (χ1) is 5.37. The van der Waals surface area contributed by atoms with E-state index in [4.69, 9.17) is 0 Å². The molecule has 0 heterocycles. The fourth-order valence-corrected chi connectivity index (χ4v) is 1.32. The molecule has 2 heteroatoms. The van der Waals surface area contributed by atoms with E-state index in [9.17, 15) is 8.78 Å². The van der Waals surface area contributed by atoms with Crippen LogP contribution in [-0.2, 0) is 0 Å². The van der Waals surface area contributed by atoms with Crippen LogP contribution in [0.5, 0.6) is 0 Å². The summed E-state index contributed by atoms with van der Waals surface area (Å²) in [6, 6.07) is 0. The van der Waals surface area contributed by atoms with Crippen molar-refractivity contribution in [2.45, 2.75) is 46.0 Å². The van der Waals surface area contributed by atoms with Crippen LogP contribution in [0.25, 0.3) is 0 Å². The summed E-state index contributed by atoms with van der Waals surface area (Å²) in [5, 5.41) is 0. The van der Waals surface area contributed by atoms with E-state index in [0.29, 0.717) is 6.42 Å². The molecular weight excluding hydrogens is 158 g/mol. The van der Waals surface area contributed by atoms with E-state index < -0.39 is 5.92 Å². The van der Waals surface area contributed by atoms with Crippen molar-refractivity contribution in [3.63, 3.8) is 0 Å². The van der Waals surface area contributed by atoms with Crippen LogP contribution in [0.15, 0.2) is 12.2 Å². The van der Waals surface area contributed by atoms with Crippen molar-refractivity contribution in [3.05, 3.63) is 12.2 Å². The van der Waals surface area contributed by atoms with Crippen LogP contribution in [0.4, 0.5) is 8.78 Å². The Bertz CT molecular complexity index is 150. The highest BCUT2D eigenvalue weighted by Crippen LogP contribution is 2.29. The molecule has 0 fully saturated rings. The minimum absolute atomic E-state index is 0.0175. The van der Waals surface area contributed by atoms with Gasteiger partial charge in [-0.25, -0.2) is 8.78 Å². The summed E-state index contributed by atoms with van der Waals surface area (Å²) in [5.41, 5.74) is 0.981. The zero-order chi connectivity index (χ0) is 9.78. The third-order valence-electron chi connectivity index (χ3n) is 1.86. The first-order valence-electron chi connectivity index (χ1n) is 4.39. The van der Waals surface area contributed by atoms with Gasteiger partial charge in [-0.1, -0.05) is 19.4 Å². The van der Waals surface area contributed by atoms with E-state index in [1.165, 1.54) is 6.92 Å². The second kappa shape index (κ2) is 4.58. The van der Waals surface area contributed by atoms with Crippen LogP contribution >= 0.6 is 0 Å². The average molecular weight is 176 g/mol. The van der Waals surface area contributed by atoms with Crippen molar-refractivity contribution < 1.29 is 8.78 Å². The number of hydrogen-bond acceptors (Lipinski definition) is 0. The highest BCUT2D eigenvalue weighted by molar-refractivity contribution is 4.90. The second-order valence-corrected chi connectivity index (χ2v) is 3.68. The van der Waals surface area contributed by atoms with Gasteiger partial charge in [0.1, 0.15) is 0 Å². The SMILES string of the molecule is C=C(C)CC(C)CC(F)(F)CC. The van der Waals surface area contributed by atoms with Gasteiger partial charge in [0.15, 0.2) is 0 Å². The fourth-order valence-electron chi connectivity index (χ4n) is 1.32. The Kier molecular flexibility index (Phi) is 4.43. The number of allylic oxidation sites excluding steroid dienone is 1. The minimum Gasteiger partial charge on any atom is -0.207 e. The molecule has 0 aromatic rings. The van der Waals surface area contributed by atoms with E-state index in [0.717, 1.165) is 5.57 Å². The summed E-state index contributed by atoms with van der Waals surface area (Å²) in [7, 11) is 0. The van der Waals surface area contributed by atoms with Crippen molar-refractivity contribution >= 4 is 0 Å². The van der Waals surface area contributed by atoms with Crippen molar-refractivity contribution in [2.24, 2.45) is 5.92 Å². The van der Waals surface area contributed by atoms with Crippen LogP contribution < -0.4 is 0 Å². The first kappa shape index (κ1) is 11.6. The molecule has 0 nitrogen and oxygen atoms in total. The Hall–Kier alpha value is -0.400. The number of rotatable bonds is 5. The highest BCUT2D eigenvalue weighted by Gasteiger charge is 2.28. The van der Waals surface area contributed by atoms with Gasteiger partial charge in [-0.3, -0.25) is 0 Å². The van der Waals surface area contributed by atoms with Gasteiger partial charge >= 0.3 is 0 Å². The molecule has 12 heavy (non-hydrogen) atoms. The number of halogens is 2. The molecule has 0 N–H and O–H groups in total. The lowest BCUT2D eigenvalue weighted by Gasteiger charge is -2.18. The molecule has 1 atom stereocenters. The Balaban J connectivity index is 3.83. The molecule has 0 bridgehead atoms. The maximum atomic E-state index is 12.8. The maximum absolute atomic E-state index is 12.8. The Labute approximate surface area is 73.7 Å². The molecule has 0 aromatic carbocycles. The van der Waals surface area contributed by atoms with Crippen LogP contribution in [0.1, 0.15) is 40.0 Å². The topological polar surface area (TPSA) is 0 Å². The summed E-state index contributed by atoms with van der Waals surface area (Å²) in [4.78, 5) is 0. The molecule has 0 amide bonds. The minimum atomic E-state index is -2.49. The third kappa shape index (κ3) is 5.28. The molecule has 72 valence electrons. The van der Waals surface area contributed by atoms with Crippen LogP contribution in [0.2, 0.25) is 0 Å². The number of alkyl halides is 2. The predicted octanol–water partition coefficient (Wildman–Crippen LogP) is 4.02. The quantitative estimate of drug-likeness (QED) is 0.555. The molecule has 0 aliphatic carbocycles. The molecule has 0 saturated carbocycles. The molecule has 0 rings (SSSR count). The van der Waals surface area contributed by atoms with Gasteiger partial charge in [0.25, 0.3) is 0 Å². The largest absolute Gasteiger partial charge is 0.248 e. The normalized spacial score (nSPS) is 14.4. The molecule has 0 aliphatic heterocycles. The van der Waals surface area contributed by atoms with Gasteiger partial charge in [-0.15, -0.1) is 6.58 Å². The zero-order valence-electron chi connectivity index (χ0n) is 8.16. The van der Waals surface area contributed by atoms with E-state index >= 15 is 0 Å². The van der Waals surface area contributed by atoms with E-state index in [-0.39, 0.29) is 18.8 Å². The van der Waals surface area contributed by atoms with Gasteiger partial charge in [0.05, 0.1) is 0 Å². The monoisotopic (exact) mass is 176 g/mol. The van der Waals surface area contributed by atoms with Gasteiger partial charge in [-0.05, 0) is 19.3 Å². The third-order valence-corrected chi connectivity index (χ3v) is 1.86. The molecule has 0 saturated heterocycles. The standard InChI is InChI=1S/C10H18F2/c1-5-10(11,12)7-9(4)6-8(2)3/h9H,2,5-7H2,1,3-4H3. The van der Waals surface area contributed by atoms with Gasteiger partial charge in [0, 0.05) is 12.8 Å². The average Bonchev–Trinajstić information content (AvgIpc) is 1.84. The molecular formula is C10H18F2. The van der Waals surface area contributed by atoms with Crippen LogP contribution in [0.3, 0.4) is 0 Å². The van der Waals surface area contributed by atoms with Gasteiger partial charge in [-0.2, -0.15) is 0 Å². The van der Waals surface area contributed by atoms with E-state index in [1.807, 2.05) is 13.8 Å². The van der Waals surface area contributed by atoms with E-state index in [2.05, 4.69) is 6.58 Å². The first-order valence-corrected chi connectivity index (χ1v) is 4.39. The summed E-state index contributed by atoms with van der Waals surface area (Å²) in [6.07, 6.45) is 0.624. The van der Waals surface area contributed by atoms with Crippen molar-refractivity contribution in [3.8, 4) is 0 Å². The molecule has 1 unspecified atom stereocenters. The lowest BCUT2D eigenvalue weighted by atomic mass is 9.95. The van der Waals surface area contributed by atoms with Crippen LogP contribution in [-0.4, -0.2) is 5.92 Å². The Morgan fingerprint density at radius 2 is 2.00 bits per heavy atom. The second-order valence-electron chi connectivity index (χ2n) is 3.68. The molecule has 0 spiro atoms. The smallest absolute Gasteiger partial charge is 0.207 e. The summed E-state index contributed by atoms with van der Waals surface area (Å²) in [5.74, 6) is -2.45. The maximum Gasteiger partial charge on any atom is 0.248 e. The van der Waals surface area contributed by atoms with Crippen LogP contribution in [0, 0.1) is 5.92 Å². The summed E-state index contributed by atoms with van der Waals surface area (Å²) >= 11 is 0. The molecule has 0 radical (unpaired) electrons. The van der Waals surface area contributed by atoms with Crippen molar-refractivity contribution in [2.75, 3.05) is 0 Å². The lowest BCUT2D eigenvalue weighted by molar-refractivity contribution is -0.0243. The Morgan fingerprint density at radius 3 is 2.33 bits per heavy atom. The zero-order valence-corrected chi connectivity index (χ0v) is 8.16. The van der Waals surface area contributed by atoms with Crippen molar-refractivity contribution in [1.82, 2.24) is 0 Å². The summed E-state index contributed by atoms with van der Waals surface area (Å²) in [6.45, 7) is 8.95. The lowest BCUT2D eigenvalue weighted by Crippen LogP contribution is -2.18. The Morgan fingerprint density at radius 1 is 1.50 bits per heavy atom.